The van der Waals surface area contributed by atoms with Crippen LogP contribution in [-0.4, -0.2) is 42.0 Å². The third kappa shape index (κ3) is 3.14. The van der Waals surface area contributed by atoms with Gasteiger partial charge in [0, 0.05) is 37.2 Å². The zero-order chi connectivity index (χ0) is 15.5. The molecule has 0 atom stereocenters. The molecule has 1 saturated heterocycles. The summed E-state index contributed by atoms with van der Waals surface area (Å²) in [5.74, 6) is 0.0657. The number of rotatable bonds is 2. The molecular formula is C17H21N3OS. The molecule has 1 amide bonds. The van der Waals surface area contributed by atoms with Gasteiger partial charge in [-0.15, -0.1) is 11.3 Å². The lowest BCUT2D eigenvalue weighted by Gasteiger charge is -2.25. The van der Waals surface area contributed by atoms with Gasteiger partial charge in [-0.2, -0.15) is 0 Å². The first-order valence-electron chi connectivity index (χ1n) is 7.67. The summed E-state index contributed by atoms with van der Waals surface area (Å²) in [6.07, 6.45) is 0.989. The molecule has 1 aliphatic rings. The quantitative estimate of drug-likeness (QED) is 0.854. The molecule has 116 valence electrons. The van der Waals surface area contributed by atoms with Crippen molar-refractivity contribution < 1.29 is 4.79 Å². The Bertz CT molecular complexity index is 667. The molecule has 0 spiro atoms. The van der Waals surface area contributed by atoms with Gasteiger partial charge in [0.25, 0.3) is 5.91 Å². The van der Waals surface area contributed by atoms with Crippen molar-refractivity contribution in [2.75, 3.05) is 31.1 Å². The van der Waals surface area contributed by atoms with Gasteiger partial charge in [0.15, 0.2) is 0 Å². The van der Waals surface area contributed by atoms with Crippen molar-refractivity contribution >= 4 is 22.9 Å². The minimum Gasteiger partial charge on any atom is -0.369 e. The zero-order valence-electron chi connectivity index (χ0n) is 13.1. The third-order valence-electron chi connectivity index (χ3n) is 4.08. The minimum absolute atomic E-state index is 0.0657. The Morgan fingerprint density at radius 2 is 1.95 bits per heavy atom. The normalized spacial score (nSPS) is 15.7. The van der Waals surface area contributed by atoms with Gasteiger partial charge in [-0.05, 0) is 31.9 Å². The number of hydrogen-bond acceptors (Lipinski definition) is 4. The second kappa shape index (κ2) is 6.48. The van der Waals surface area contributed by atoms with E-state index in [1.165, 1.54) is 22.6 Å². The van der Waals surface area contributed by atoms with Crippen LogP contribution in [0.1, 0.15) is 27.5 Å². The van der Waals surface area contributed by atoms with Crippen molar-refractivity contribution in [3.8, 4) is 0 Å². The average molecular weight is 315 g/mol. The lowest BCUT2D eigenvalue weighted by Crippen LogP contribution is -2.35. The van der Waals surface area contributed by atoms with Crippen LogP contribution in [0.15, 0.2) is 29.6 Å². The molecule has 1 aromatic carbocycles. The summed E-state index contributed by atoms with van der Waals surface area (Å²) in [5.41, 5.74) is 3.16. The summed E-state index contributed by atoms with van der Waals surface area (Å²) < 4.78 is 0. The first-order valence-corrected chi connectivity index (χ1v) is 8.55. The molecule has 4 nitrogen and oxygen atoms in total. The Labute approximate surface area is 135 Å². The number of nitrogens with zero attached hydrogens (tertiary/aromatic N) is 3. The maximum atomic E-state index is 12.5. The van der Waals surface area contributed by atoms with Gasteiger partial charge in [0.05, 0.1) is 5.01 Å². The van der Waals surface area contributed by atoms with Gasteiger partial charge >= 0.3 is 0 Å². The summed E-state index contributed by atoms with van der Waals surface area (Å²) in [5, 5.41) is 2.81. The van der Waals surface area contributed by atoms with Crippen LogP contribution in [0.2, 0.25) is 0 Å². The number of aromatic nitrogens is 1. The van der Waals surface area contributed by atoms with Crippen molar-refractivity contribution in [3.63, 3.8) is 0 Å². The molecule has 2 aromatic rings. The minimum atomic E-state index is 0.0657. The molecule has 0 bridgehead atoms. The highest BCUT2D eigenvalue weighted by atomic mass is 32.1. The summed E-state index contributed by atoms with van der Waals surface area (Å²) in [6, 6.07) is 8.45. The fourth-order valence-corrected chi connectivity index (χ4v) is 3.49. The predicted octanol–water partition coefficient (Wildman–Crippen LogP) is 3.11. The molecule has 0 saturated carbocycles. The highest BCUT2D eigenvalue weighted by Crippen LogP contribution is 2.21. The number of anilines is 1. The summed E-state index contributed by atoms with van der Waals surface area (Å²) in [4.78, 5) is 21.2. The molecule has 2 heterocycles. The molecule has 1 aromatic heterocycles. The average Bonchev–Trinajstić information content (AvgIpc) is 2.81. The molecule has 0 N–H and O–H groups in total. The van der Waals surface area contributed by atoms with Crippen LogP contribution in [0.3, 0.4) is 0 Å². The van der Waals surface area contributed by atoms with Crippen LogP contribution < -0.4 is 4.90 Å². The van der Waals surface area contributed by atoms with Crippen molar-refractivity contribution in [2.45, 2.75) is 20.3 Å². The Kier molecular flexibility index (Phi) is 4.43. The van der Waals surface area contributed by atoms with E-state index in [9.17, 15) is 4.79 Å². The molecular weight excluding hydrogens is 294 g/mol. The van der Waals surface area contributed by atoms with Gasteiger partial charge in [-0.3, -0.25) is 4.79 Å². The summed E-state index contributed by atoms with van der Waals surface area (Å²) >= 11 is 1.53. The monoisotopic (exact) mass is 315 g/mol. The van der Waals surface area contributed by atoms with Gasteiger partial charge in [0.1, 0.15) is 5.69 Å². The second-order valence-electron chi connectivity index (χ2n) is 5.67. The van der Waals surface area contributed by atoms with E-state index in [1.807, 2.05) is 17.2 Å². The Hall–Kier alpha value is -1.88. The highest BCUT2D eigenvalue weighted by Gasteiger charge is 2.22. The van der Waals surface area contributed by atoms with Crippen LogP contribution in [0, 0.1) is 13.8 Å². The third-order valence-corrected chi connectivity index (χ3v) is 4.85. The largest absolute Gasteiger partial charge is 0.369 e. The van der Waals surface area contributed by atoms with E-state index in [1.54, 1.807) is 0 Å². The maximum absolute atomic E-state index is 12.5. The topological polar surface area (TPSA) is 36.4 Å². The fourth-order valence-electron chi connectivity index (χ4n) is 2.90. The number of thiazole rings is 1. The molecule has 1 fully saturated rings. The molecule has 0 radical (unpaired) electrons. The highest BCUT2D eigenvalue weighted by molar-refractivity contribution is 7.09. The summed E-state index contributed by atoms with van der Waals surface area (Å²) in [7, 11) is 0. The smallest absolute Gasteiger partial charge is 0.273 e. The standard InChI is InChI=1S/C17H21N3OS/c1-13-6-3-4-7-16(13)19-8-5-9-20(11-10-19)17(21)15-12-22-14(2)18-15/h3-4,6-7,12H,5,8-11H2,1-2H3. The Balaban J connectivity index is 1.70. The van der Waals surface area contributed by atoms with Gasteiger partial charge in [0.2, 0.25) is 0 Å². The van der Waals surface area contributed by atoms with Gasteiger partial charge < -0.3 is 9.80 Å². The van der Waals surface area contributed by atoms with Crippen LogP contribution in [0.5, 0.6) is 0 Å². The van der Waals surface area contributed by atoms with Crippen molar-refractivity contribution in [3.05, 3.63) is 45.9 Å². The van der Waals surface area contributed by atoms with Gasteiger partial charge in [-0.1, -0.05) is 18.2 Å². The van der Waals surface area contributed by atoms with Crippen molar-refractivity contribution in [2.24, 2.45) is 0 Å². The first kappa shape index (κ1) is 15.0. The van der Waals surface area contributed by atoms with E-state index in [-0.39, 0.29) is 5.91 Å². The van der Waals surface area contributed by atoms with Crippen LogP contribution in [-0.2, 0) is 0 Å². The van der Waals surface area contributed by atoms with E-state index in [2.05, 4.69) is 41.1 Å². The number of aryl methyl sites for hydroxylation is 2. The first-order chi connectivity index (χ1) is 10.6. The van der Waals surface area contributed by atoms with E-state index < -0.39 is 0 Å². The van der Waals surface area contributed by atoms with E-state index in [0.29, 0.717) is 5.69 Å². The van der Waals surface area contributed by atoms with E-state index in [0.717, 1.165) is 37.6 Å². The zero-order valence-corrected chi connectivity index (χ0v) is 13.9. The SMILES string of the molecule is Cc1nc(C(=O)N2CCCN(c3ccccc3C)CC2)cs1. The van der Waals surface area contributed by atoms with Crippen molar-refractivity contribution in [1.82, 2.24) is 9.88 Å². The van der Waals surface area contributed by atoms with E-state index in [4.69, 9.17) is 0 Å². The van der Waals surface area contributed by atoms with Crippen LogP contribution in [0.4, 0.5) is 5.69 Å². The molecule has 0 unspecified atom stereocenters. The number of carbonyl (C=O) groups excluding carboxylic acids is 1. The maximum Gasteiger partial charge on any atom is 0.273 e. The Morgan fingerprint density at radius 3 is 2.68 bits per heavy atom. The number of hydrogen-bond donors (Lipinski definition) is 0. The van der Waals surface area contributed by atoms with Gasteiger partial charge in [-0.25, -0.2) is 4.98 Å². The van der Waals surface area contributed by atoms with Crippen molar-refractivity contribution in [1.29, 1.82) is 0 Å². The molecule has 0 aliphatic carbocycles. The van der Waals surface area contributed by atoms with E-state index >= 15 is 0 Å². The lowest BCUT2D eigenvalue weighted by molar-refractivity contribution is 0.0762. The molecule has 5 heteroatoms. The molecule has 1 aliphatic heterocycles. The molecule has 22 heavy (non-hydrogen) atoms. The number of carbonyl (C=O) groups is 1. The lowest BCUT2D eigenvalue weighted by atomic mass is 10.2. The van der Waals surface area contributed by atoms with Crippen LogP contribution in [0.25, 0.3) is 0 Å². The summed E-state index contributed by atoms with van der Waals surface area (Å²) in [6.45, 7) is 7.50. The number of para-hydroxylation sites is 1. The second-order valence-corrected chi connectivity index (χ2v) is 6.73. The fraction of sp³-hybridized carbons (Fsp3) is 0.412. The molecule has 3 rings (SSSR count). The number of amides is 1. The predicted molar refractivity (Wildman–Crippen MR) is 90.8 cm³/mol. The van der Waals surface area contributed by atoms with Crippen LogP contribution >= 0.6 is 11.3 Å². The number of benzene rings is 1. The Morgan fingerprint density at radius 1 is 1.14 bits per heavy atom.